The van der Waals surface area contributed by atoms with Crippen LogP contribution in [0.5, 0.6) is 0 Å². The second-order valence-corrected chi connectivity index (χ2v) is 13.6. The molecule has 5 aliphatic carbocycles. The van der Waals surface area contributed by atoms with Crippen LogP contribution in [0.25, 0.3) is 0 Å². The quantitative estimate of drug-likeness (QED) is 0.318. The molecule has 0 aliphatic heterocycles. The smallest absolute Gasteiger partial charge is 0.156 e. The zero-order valence-corrected chi connectivity index (χ0v) is 27.3. The number of hydrogen-bond acceptors (Lipinski definition) is 5. The molecule has 0 aromatic heterocycles. The minimum atomic E-state index is 0.0417. The lowest BCUT2D eigenvalue weighted by Crippen LogP contribution is -2.46. The highest BCUT2D eigenvalue weighted by atomic mass is 16.5. The first-order valence-corrected chi connectivity index (χ1v) is 16.0. The summed E-state index contributed by atoms with van der Waals surface area (Å²) in [7, 11) is 3.69. The van der Waals surface area contributed by atoms with Crippen molar-refractivity contribution in [3.63, 3.8) is 0 Å². The van der Waals surface area contributed by atoms with Gasteiger partial charge in [-0.15, -0.1) is 0 Å². The number of allylic oxidation sites excluding steroid dienone is 8. The first kappa shape index (κ1) is 33.2. The van der Waals surface area contributed by atoms with Gasteiger partial charge in [0.15, 0.2) is 5.78 Å². The first-order chi connectivity index (χ1) is 19.4. The largest absolute Gasteiger partial charge is 0.379 e. The summed E-state index contributed by atoms with van der Waals surface area (Å²) < 4.78 is 4.94. The molecule has 5 nitrogen and oxygen atoms in total. The lowest BCUT2D eigenvalue weighted by molar-refractivity contribution is -0.125. The number of carbonyl (C=O) groups excluding carboxylic acids is 3. The minimum absolute atomic E-state index is 0.0417. The van der Waals surface area contributed by atoms with Crippen molar-refractivity contribution in [3.05, 3.63) is 46.2 Å². The van der Waals surface area contributed by atoms with Gasteiger partial charge in [0.1, 0.15) is 12.1 Å². The second kappa shape index (κ2) is 13.8. The van der Waals surface area contributed by atoms with E-state index in [4.69, 9.17) is 4.74 Å². The van der Waals surface area contributed by atoms with Crippen molar-refractivity contribution in [1.82, 2.24) is 4.90 Å². The number of fused-ring (bicyclic) bond motifs is 4. The Morgan fingerprint density at radius 1 is 1.07 bits per heavy atom. The highest BCUT2D eigenvalue weighted by molar-refractivity contribution is 5.93. The number of aldehydes is 1. The van der Waals surface area contributed by atoms with E-state index in [9.17, 15) is 14.4 Å². The molecule has 0 spiro atoms. The topological polar surface area (TPSA) is 63.7 Å². The summed E-state index contributed by atoms with van der Waals surface area (Å²) in [4.78, 5) is 37.9. The van der Waals surface area contributed by atoms with Crippen LogP contribution >= 0.6 is 0 Å². The third kappa shape index (κ3) is 7.21. The number of likely N-dealkylation sites (N-methyl/N-ethyl adjacent to an activating group) is 1. The standard InChI is InChI=1S/C29H37NO3.C5H12O.C2H6/c1-18(32)26-12-13-27-24-10-6-20-16-22(33)9-11-23(20)28(24)25(17-29(26,27)2)19-4-7-21(8-5-19)30(3)14-15-31;1-5(2,3)6-4;1-2/h4,7,15-16,24-27H,5-6,8-14,17H2,1-3H3;1-4H3;1-2H3. The number of ether oxygens (including phenoxy) is 1. The maximum atomic E-state index is 12.7. The Morgan fingerprint density at radius 2 is 1.76 bits per heavy atom. The Bertz CT molecular complexity index is 1120. The zero-order chi connectivity index (χ0) is 30.5. The van der Waals surface area contributed by atoms with Crippen molar-refractivity contribution in [2.24, 2.45) is 29.1 Å². The number of nitrogens with zero attached hydrogens (tertiary/aromatic N) is 1. The Labute approximate surface area is 249 Å². The maximum Gasteiger partial charge on any atom is 0.156 e. The molecule has 0 bridgehead atoms. The second-order valence-electron chi connectivity index (χ2n) is 13.6. The minimum Gasteiger partial charge on any atom is -0.379 e. The Morgan fingerprint density at radius 3 is 2.32 bits per heavy atom. The fourth-order valence-electron chi connectivity index (χ4n) is 8.14. The van der Waals surface area contributed by atoms with E-state index in [-0.39, 0.29) is 22.7 Å². The van der Waals surface area contributed by atoms with Crippen LogP contribution in [-0.4, -0.2) is 49.1 Å². The highest BCUT2D eigenvalue weighted by Gasteiger charge is 2.57. The van der Waals surface area contributed by atoms with Crippen LogP contribution in [0.2, 0.25) is 0 Å². The van der Waals surface area contributed by atoms with Gasteiger partial charge in [0.2, 0.25) is 0 Å². The molecule has 0 N–H and O–H groups in total. The molecular weight excluding hydrogens is 510 g/mol. The average molecular weight is 566 g/mol. The number of methoxy groups -OCH3 is 1. The molecule has 0 heterocycles. The van der Waals surface area contributed by atoms with Gasteiger partial charge in [-0.1, -0.05) is 38.0 Å². The summed E-state index contributed by atoms with van der Waals surface area (Å²) in [5.41, 5.74) is 7.21. The van der Waals surface area contributed by atoms with Crippen LogP contribution in [0.15, 0.2) is 46.2 Å². The number of Topliss-reactive ketones (excluding diaryl/α,β-unsaturated/α-hetero) is 1. The van der Waals surface area contributed by atoms with Gasteiger partial charge in [0, 0.05) is 38.1 Å². The maximum absolute atomic E-state index is 12.7. The van der Waals surface area contributed by atoms with Crippen molar-refractivity contribution in [2.75, 3.05) is 20.7 Å². The Kier molecular flexibility index (Phi) is 11.2. The zero-order valence-electron chi connectivity index (χ0n) is 27.3. The van der Waals surface area contributed by atoms with Gasteiger partial charge >= 0.3 is 0 Å². The molecule has 41 heavy (non-hydrogen) atoms. The summed E-state index contributed by atoms with van der Waals surface area (Å²) in [6.07, 6.45) is 16.3. The van der Waals surface area contributed by atoms with E-state index in [2.05, 4.69) is 19.1 Å². The molecule has 5 atom stereocenters. The molecule has 5 unspecified atom stereocenters. The van der Waals surface area contributed by atoms with E-state index in [0.29, 0.717) is 36.5 Å². The first-order valence-electron chi connectivity index (χ1n) is 16.0. The molecule has 0 saturated heterocycles. The summed E-state index contributed by atoms with van der Waals surface area (Å²) in [5, 5.41) is 0. The van der Waals surface area contributed by atoms with Crippen LogP contribution in [0.4, 0.5) is 0 Å². The molecule has 5 heteroatoms. The molecule has 0 aromatic rings. The molecule has 228 valence electrons. The molecule has 5 aliphatic rings. The third-order valence-corrected chi connectivity index (χ3v) is 10.3. The predicted octanol–water partition coefficient (Wildman–Crippen LogP) is 7.82. The van der Waals surface area contributed by atoms with Gasteiger partial charge in [-0.25, -0.2) is 0 Å². The predicted molar refractivity (Wildman–Crippen MR) is 167 cm³/mol. The lowest BCUT2D eigenvalue weighted by Gasteiger charge is -2.53. The van der Waals surface area contributed by atoms with Gasteiger partial charge in [0.05, 0.1) is 12.1 Å². The van der Waals surface area contributed by atoms with E-state index in [1.54, 1.807) is 19.6 Å². The summed E-state index contributed by atoms with van der Waals surface area (Å²) in [5.74, 6) is 2.32. The molecular formula is C36H55NO4. The number of rotatable bonds is 5. The van der Waals surface area contributed by atoms with Crippen LogP contribution in [0.3, 0.4) is 0 Å². The fourth-order valence-corrected chi connectivity index (χ4v) is 8.14. The third-order valence-electron chi connectivity index (χ3n) is 10.3. The van der Waals surface area contributed by atoms with Crippen LogP contribution < -0.4 is 0 Å². The molecule has 5 rings (SSSR count). The monoisotopic (exact) mass is 565 g/mol. The highest BCUT2D eigenvalue weighted by Crippen LogP contribution is 2.65. The lowest BCUT2D eigenvalue weighted by atomic mass is 9.51. The van der Waals surface area contributed by atoms with Gasteiger partial charge < -0.3 is 14.4 Å². The summed E-state index contributed by atoms with van der Waals surface area (Å²) in [6.45, 7) is 14.7. The molecule has 0 amide bonds. The van der Waals surface area contributed by atoms with E-state index >= 15 is 0 Å². The van der Waals surface area contributed by atoms with Crippen molar-refractivity contribution < 1.29 is 19.1 Å². The van der Waals surface area contributed by atoms with Gasteiger partial charge in [-0.05, 0) is 120 Å². The molecule has 0 radical (unpaired) electrons. The number of hydrogen-bond donors (Lipinski definition) is 0. The number of carbonyl (C=O) groups is 3. The summed E-state index contributed by atoms with van der Waals surface area (Å²) >= 11 is 0. The van der Waals surface area contributed by atoms with Crippen molar-refractivity contribution in [3.8, 4) is 0 Å². The van der Waals surface area contributed by atoms with Gasteiger partial charge in [-0.3, -0.25) is 9.59 Å². The normalized spacial score (nSPS) is 30.6. The van der Waals surface area contributed by atoms with Crippen LogP contribution in [0, 0.1) is 29.1 Å². The van der Waals surface area contributed by atoms with Crippen molar-refractivity contribution >= 4 is 17.9 Å². The number of ketones is 2. The van der Waals surface area contributed by atoms with Crippen molar-refractivity contribution in [1.29, 1.82) is 0 Å². The van der Waals surface area contributed by atoms with Gasteiger partial charge in [-0.2, -0.15) is 0 Å². The molecule has 2 fully saturated rings. The fraction of sp³-hybridized carbons (Fsp3) is 0.694. The molecule has 0 aromatic carbocycles. The van der Waals surface area contributed by atoms with E-state index in [0.717, 1.165) is 57.7 Å². The summed E-state index contributed by atoms with van der Waals surface area (Å²) in [6, 6.07) is 0. The van der Waals surface area contributed by atoms with Crippen LogP contribution in [0.1, 0.15) is 106 Å². The SMILES string of the molecule is CC.CC(=O)C1CCC2C3CCC4=CC(=O)CCC4=C3C(C3=CC=C(N(C)CC=O)CC3)CC12C.COC(C)(C)C. The average Bonchev–Trinajstić information content (AvgIpc) is 3.31. The van der Waals surface area contributed by atoms with Gasteiger partial charge in [0.25, 0.3) is 0 Å². The van der Waals surface area contributed by atoms with E-state index in [1.807, 2.05) is 52.6 Å². The molecule has 2 saturated carbocycles. The van der Waals surface area contributed by atoms with Crippen LogP contribution in [-0.2, 0) is 19.1 Å². The van der Waals surface area contributed by atoms with E-state index in [1.165, 1.54) is 22.4 Å². The Hall–Kier alpha value is -2.27. The van der Waals surface area contributed by atoms with Crippen molar-refractivity contribution in [2.45, 2.75) is 112 Å². The Balaban J connectivity index is 0.000000515. The van der Waals surface area contributed by atoms with E-state index < -0.39 is 0 Å².